The smallest absolute Gasteiger partial charge is 0.131 e. The summed E-state index contributed by atoms with van der Waals surface area (Å²) in [6.07, 6.45) is 10.7. The maximum absolute atomic E-state index is 10.9. The van der Waals surface area contributed by atoms with E-state index in [2.05, 4.69) is 6.07 Å². The van der Waals surface area contributed by atoms with E-state index in [1.165, 1.54) is 38.5 Å². The van der Waals surface area contributed by atoms with Crippen molar-refractivity contribution in [1.82, 2.24) is 0 Å². The molecule has 1 aliphatic carbocycles. The normalized spacial score (nSPS) is 19.0. The van der Waals surface area contributed by atoms with Gasteiger partial charge in [-0.1, -0.05) is 44.9 Å². The summed E-state index contributed by atoms with van der Waals surface area (Å²) in [4.78, 5) is 10.9. The first-order valence-electron chi connectivity index (χ1n) is 6.61. The van der Waals surface area contributed by atoms with E-state index in [0.29, 0.717) is 6.42 Å². The Labute approximate surface area is 99.0 Å². The van der Waals surface area contributed by atoms with E-state index < -0.39 is 0 Å². The average molecular weight is 221 g/mol. The van der Waals surface area contributed by atoms with Crippen LogP contribution in [0, 0.1) is 23.2 Å². The molecule has 1 rings (SSSR count). The first kappa shape index (κ1) is 13.2. The van der Waals surface area contributed by atoms with Gasteiger partial charge >= 0.3 is 0 Å². The lowest BCUT2D eigenvalue weighted by molar-refractivity contribution is -0.117. The molecule has 0 aromatic carbocycles. The van der Waals surface area contributed by atoms with Crippen molar-refractivity contribution in [2.24, 2.45) is 11.8 Å². The van der Waals surface area contributed by atoms with Crippen LogP contribution in [0.5, 0.6) is 0 Å². The molecule has 1 atom stereocenters. The van der Waals surface area contributed by atoms with Crippen LogP contribution in [0.3, 0.4) is 0 Å². The van der Waals surface area contributed by atoms with Crippen LogP contribution in [0.1, 0.15) is 64.7 Å². The highest BCUT2D eigenvalue weighted by molar-refractivity contribution is 5.76. The van der Waals surface area contributed by atoms with Crippen LogP contribution in [0.25, 0.3) is 0 Å². The third kappa shape index (κ3) is 5.30. The Bertz CT molecular complexity index is 248. The molecule has 0 bridgehead atoms. The first-order valence-corrected chi connectivity index (χ1v) is 6.61. The van der Waals surface area contributed by atoms with Crippen molar-refractivity contribution in [2.75, 3.05) is 0 Å². The fraction of sp³-hybridized carbons (Fsp3) is 0.857. The van der Waals surface area contributed by atoms with Crippen LogP contribution in [0.15, 0.2) is 0 Å². The maximum Gasteiger partial charge on any atom is 0.131 e. The molecule has 0 amide bonds. The second-order valence-electron chi connectivity index (χ2n) is 5.17. The van der Waals surface area contributed by atoms with Gasteiger partial charge in [-0.05, 0) is 19.3 Å². The van der Waals surface area contributed by atoms with Gasteiger partial charge in [0, 0.05) is 6.42 Å². The zero-order valence-corrected chi connectivity index (χ0v) is 10.4. The lowest BCUT2D eigenvalue weighted by Gasteiger charge is -2.21. The van der Waals surface area contributed by atoms with Gasteiger partial charge in [-0.15, -0.1) is 0 Å². The molecule has 2 heteroatoms. The average Bonchev–Trinajstić information content (AvgIpc) is 2.28. The lowest BCUT2D eigenvalue weighted by atomic mass is 9.84. The molecule has 1 unspecified atom stereocenters. The number of carbonyl (C=O) groups excluding carboxylic acids is 1. The molecular weight excluding hydrogens is 198 g/mol. The van der Waals surface area contributed by atoms with Crippen LogP contribution in [0.4, 0.5) is 0 Å². The maximum atomic E-state index is 10.9. The van der Waals surface area contributed by atoms with Gasteiger partial charge in [0.25, 0.3) is 0 Å². The highest BCUT2D eigenvalue weighted by Gasteiger charge is 2.15. The number of hydrogen-bond acceptors (Lipinski definition) is 2. The number of nitriles is 1. The predicted octanol–water partition coefficient (Wildman–Crippen LogP) is 3.86. The van der Waals surface area contributed by atoms with Gasteiger partial charge < -0.3 is 0 Å². The Morgan fingerprint density at radius 3 is 2.62 bits per heavy atom. The van der Waals surface area contributed by atoms with Crippen LogP contribution < -0.4 is 0 Å². The third-order valence-electron chi connectivity index (χ3n) is 3.61. The quantitative estimate of drug-likeness (QED) is 0.683. The van der Waals surface area contributed by atoms with E-state index in [1.54, 1.807) is 6.92 Å². The van der Waals surface area contributed by atoms with Crippen LogP contribution >= 0.6 is 0 Å². The molecule has 0 N–H and O–H groups in total. The van der Waals surface area contributed by atoms with Crippen molar-refractivity contribution in [1.29, 1.82) is 5.26 Å². The summed E-state index contributed by atoms with van der Waals surface area (Å²) in [5, 5.41) is 8.91. The Balaban J connectivity index is 2.12. The van der Waals surface area contributed by atoms with Gasteiger partial charge in [0.05, 0.1) is 12.0 Å². The fourth-order valence-corrected chi connectivity index (χ4v) is 2.69. The molecular formula is C14H23NO. The van der Waals surface area contributed by atoms with Crippen molar-refractivity contribution >= 4 is 5.78 Å². The first-order chi connectivity index (χ1) is 7.72. The van der Waals surface area contributed by atoms with Crippen LogP contribution in [-0.4, -0.2) is 5.78 Å². The predicted molar refractivity (Wildman–Crippen MR) is 64.8 cm³/mol. The molecule has 2 nitrogen and oxygen atoms in total. The van der Waals surface area contributed by atoms with Gasteiger partial charge in [0.15, 0.2) is 0 Å². The van der Waals surface area contributed by atoms with Gasteiger partial charge in [-0.2, -0.15) is 5.26 Å². The molecule has 0 spiro atoms. The van der Waals surface area contributed by atoms with Crippen molar-refractivity contribution in [3.63, 3.8) is 0 Å². The third-order valence-corrected chi connectivity index (χ3v) is 3.61. The number of carbonyl (C=O) groups is 1. The van der Waals surface area contributed by atoms with Crippen molar-refractivity contribution in [2.45, 2.75) is 64.7 Å². The van der Waals surface area contributed by atoms with E-state index >= 15 is 0 Å². The summed E-state index contributed by atoms with van der Waals surface area (Å²) < 4.78 is 0. The number of Topliss-reactive ketones (excluding diaryl/α,β-unsaturated/α-hetero) is 1. The molecule has 90 valence electrons. The molecule has 0 radical (unpaired) electrons. The molecule has 16 heavy (non-hydrogen) atoms. The van der Waals surface area contributed by atoms with E-state index in [9.17, 15) is 4.79 Å². The number of nitrogens with zero attached hydrogens (tertiary/aromatic N) is 1. The van der Waals surface area contributed by atoms with E-state index in [-0.39, 0.29) is 11.7 Å². The monoisotopic (exact) mass is 221 g/mol. The second kappa shape index (κ2) is 7.44. The number of rotatable bonds is 6. The molecule has 0 aromatic rings. The van der Waals surface area contributed by atoms with Gasteiger partial charge in [0.2, 0.25) is 0 Å². The highest BCUT2D eigenvalue weighted by atomic mass is 16.1. The van der Waals surface area contributed by atoms with Crippen molar-refractivity contribution in [3.05, 3.63) is 0 Å². The summed E-state index contributed by atoms with van der Waals surface area (Å²) >= 11 is 0. The van der Waals surface area contributed by atoms with Crippen molar-refractivity contribution < 1.29 is 4.79 Å². The Morgan fingerprint density at radius 2 is 2.06 bits per heavy atom. The minimum absolute atomic E-state index is 0.0407. The Morgan fingerprint density at radius 1 is 1.38 bits per heavy atom. The molecule has 0 saturated heterocycles. The molecule has 0 heterocycles. The largest absolute Gasteiger partial charge is 0.300 e. The van der Waals surface area contributed by atoms with Gasteiger partial charge in [0.1, 0.15) is 5.78 Å². The minimum atomic E-state index is -0.0407. The summed E-state index contributed by atoms with van der Waals surface area (Å²) in [6.45, 7) is 1.57. The number of hydrogen-bond donors (Lipinski definition) is 0. The zero-order chi connectivity index (χ0) is 11.8. The minimum Gasteiger partial charge on any atom is -0.300 e. The van der Waals surface area contributed by atoms with Gasteiger partial charge in [-0.25, -0.2) is 0 Å². The molecule has 1 fully saturated rings. The topological polar surface area (TPSA) is 40.9 Å². The zero-order valence-electron chi connectivity index (χ0n) is 10.4. The Kier molecular flexibility index (Phi) is 6.15. The van der Waals surface area contributed by atoms with Gasteiger partial charge in [-0.3, -0.25) is 4.79 Å². The Hall–Kier alpha value is -0.840. The molecule has 1 saturated carbocycles. The van der Waals surface area contributed by atoms with E-state index in [4.69, 9.17) is 5.26 Å². The highest BCUT2D eigenvalue weighted by Crippen LogP contribution is 2.28. The number of ketones is 1. The van der Waals surface area contributed by atoms with E-state index in [0.717, 1.165) is 18.8 Å². The fourth-order valence-electron chi connectivity index (χ4n) is 2.69. The lowest BCUT2D eigenvalue weighted by Crippen LogP contribution is -2.08. The molecule has 1 aliphatic rings. The standard InChI is InChI=1S/C14H23NO/c1-12(16)10-14(11-15)9-5-8-13-6-3-2-4-7-13/h13-14H,2-10H2,1H3. The molecule has 0 aromatic heterocycles. The summed E-state index contributed by atoms with van der Waals surface area (Å²) in [7, 11) is 0. The molecule has 0 aliphatic heterocycles. The summed E-state index contributed by atoms with van der Waals surface area (Å²) in [6, 6.07) is 2.25. The van der Waals surface area contributed by atoms with Crippen LogP contribution in [0.2, 0.25) is 0 Å². The van der Waals surface area contributed by atoms with Crippen LogP contribution in [-0.2, 0) is 4.79 Å². The van der Waals surface area contributed by atoms with Crippen molar-refractivity contribution in [3.8, 4) is 6.07 Å². The summed E-state index contributed by atoms with van der Waals surface area (Å²) in [5.74, 6) is 0.996. The SMILES string of the molecule is CC(=O)CC(C#N)CCCC1CCCCC1. The van der Waals surface area contributed by atoms with E-state index in [1.807, 2.05) is 0 Å². The summed E-state index contributed by atoms with van der Waals surface area (Å²) in [5.41, 5.74) is 0. The second-order valence-corrected chi connectivity index (χ2v) is 5.17.